The van der Waals surface area contributed by atoms with E-state index < -0.39 is 0 Å². The van der Waals surface area contributed by atoms with E-state index in [1.165, 1.54) is 31.1 Å². The van der Waals surface area contributed by atoms with Gasteiger partial charge in [-0.05, 0) is 25.0 Å². The summed E-state index contributed by atoms with van der Waals surface area (Å²) in [6.07, 6.45) is 9.53. The number of hydrogen-bond acceptors (Lipinski definition) is 7. The second-order valence-corrected chi connectivity index (χ2v) is 8.19. The maximum Gasteiger partial charge on any atom is 0.261 e. The number of H-pyrrole nitrogens is 1. The molecule has 0 aliphatic heterocycles. The van der Waals surface area contributed by atoms with E-state index in [1.54, 1.807) is 18.3 Å². The molecule has 168 valence electrons. The van der Waals surface area contributed by atoms with E-state index in [9.17, 15) is 9.59 Å². The van der Waals surface area contributed by atoms with Crippen molar-refractivity contribution >= 4 is 34.8 Å². The average molecular weight is 446 g/mol. The van der Waals surface area contributed by atoms with Crippen molar-refractivity contribution in [1.29, 1.82) is 0 Å². The normalized spacial score (nSPS) is 12.8. The molecule has 0 atom stereocenters. The zero-order valence-corrected chi connectivity index (χ0v) is 17.7. The molecule has 0 unspecified atom stereocenters. The van der Waals surface area contributed by atoms with Gasteiger partial charge in [0, 0.05) is 51.0 Å². The number of aromatic amines is 1. The lowest BCUT2D eigenvalue weighted by Gasteiger charge is -2.06. The summed E-state index contributed by atoms with van der Waals surface area (Å²) in [5, 5.41) is 15.9. The Balaban J connectivity index is 0. The first-order valence-electron chi connectivity index (χ1n) is 9.82. The molecule has 31 heavy (non-hydrogen) atoms. The molecule has 1 fully saturated rings. The van der Waals surface area contributed by atoms with Gasteiger partial charge in [-0.3, -0.25) is 14.7 Å². The number of aromatic nitrogens is 4. The Morgan fingerprint density at radius 3 is 2.87 bits per heavy atom. The third-order valence-corrected chi connectivity index (χ3v) is 5.72. The topological polar surface area (TPSA) is 125 Å². The summed E-state index contributed by atoms with van der Waals surface area (Å²) in [6, 6.07) is 5.48. The standard InChI is InChI=1S/C21H21N7O2S.5H2/c1-3-13-11-24-20(26-19(13)25-18-10-15(27-28-18)14-4-5-14)16-6-7-17(31-16)21(30)23-9-8-22-12(2)29;;;;;/h1,6-7,10-11,14H,4-5,8-9H2,2H3,(H,22,29)(H,23,30)(H2,24,25,26,27,28);5*1H. The number of carbonyl (C=O) groups is 2. The summed E-state index contributed by atoms with van der Waals surface area (Å²) in [7, 11) is 0. The van der Waals surface area contributed by atoms with Gasteiger partial charge in [0.05, 0.1) is 15.3 Å². The van der Waals surface area contributed by atoms with Gasteiger partial charge in [-0.15, -0.1) is 17.8 Å². The Bertz CT molecular complexity index is 1180. The lowest BCUT2D eigenvalue weighted by molar-refractivity contribution is -0.118. The fourth-order valence-electron chi connectivity index (χ4n) is 2.91. The molecule has 9 nitrogen and oxygen atoms in total. The van der Waals surface area contributed by atoms with Crippen LogP contribution >= 0.6 is 11.3 Å². The Morgan fingerprint density at radius 2 is 2.13 bits per heavy atom. The summed E-state index contributed by atoms with van der Waals surface area (Å²) in [5.74, 6) is 4.38. The predicted molar refractivity (Wildman–Crippen MR) is 129 cm³/mol. The fraction of sp³-hybridized carbons (Fsp3) is 0.286. The highest BCUT2D eigenvalue weighted by Gasteiger charge is 2.25. The maximum absolute atomic E-state index is 12.3. The molecule has 3 aromatic heterocycles. The average Bonchev–Trinajstić information content (AvgIpc) is 3.30. The molecule has 2 amide bonds. The number of nitrogens with one attached hydrogen (secondary N) is 4. The Morgan fingerprint density at radius 1 is 1.32 bits per heavy atom. The first-order valence-corrected chi connectivity index (χ1v) is 10.6. The van der Waals surface area contributed by atoms with Gasteiger partial charge in [0.1, 0.15) is 0 Å². The van der Waals surface area contributed by atoms with Gasteiger partial charge in [-0.1, -0.05) is 5.92 Å². The van der Waals surface area contributed by atoms with Crippen LogP contribution in [0.5, 0.6) is 0 Å². The van der Waals surface area contributed by atoms with Crippen molar-refractivity contribution in [3.8, 4) is 23.0 Å². The lowest BCUT2D eigenvalue weighted by atomic mass is 10.3. The number of carbonyl (C=O) groups excluding carboxylic acids is 2. The van der Waals surface area contributed by atoms with E-state index in [0.717, 1.165) is 10.6 Å². The lowest BCUT2D eigenvalue weighted by Crippen LogP contribution is -2.33. The molecular formula is C21H31N7O2S. The van der Waals surface area contributed by atoms with Crippen molar-refractivity contribution in [1.82, 2.24) is 30.8 Å². The minimum Gasteiger partial charge on any atom is -0.355 e. The van der Waals surface area contributed by atoms with E-state index in [0.29, 0.717) is 46.9 Å². The molecule has 3 aromatic rings. The second-order valence-electron chi connectivity index (χ2n) is 7.11. The Labute approximate surface area is 190 Å². The minimum absolute atomic E-state index is 0. The largest absolute Gasteiger partial charge is 0.355 e. The van der Waals surface area contributed by atoms with Gasteiger partial charge < -0.3 is 16.0 Å². The van der Waals surface area contributed by atoms with Crippen molar-refractivity contribution in [3.05, 3.63) is 40.5 Å². The highest BCUT2D eigenvalue weighted by Crippen LogP contribution is 2.39. The maximum atomic E-state index is 12.3. The van der Waals surface area contributed by atoms with Crippen LogP contribution < -0.4 is 16.0 Å². The first kappa shape index (κ1) is 20.6. The smallest absolute Gasteiger partial charge is 0.261 e. The van der Waals surface area contributed by atoms with Crippen LogP contribution in [0.15, 0.2) is 24.4 Å². The first-order chi connectivity index (χ1) is 15.0. The predicted octanol–water partition coefficient (Wildman–Crippen LogP) is 3.63. The number of thiophene rings is 1. The molecule has 0 spiro atoms. The van der Waals surface area contributed by atoms with Crippen molar-refractivity contribution in [2.45, 2.75) is 25.7 Å². The SMILES string of the molecule is C#Cc1cnc(-c2ccc(C(=O)NCCNC(C)=O)s2)nc1Nc1cc(C2CC2)[nH]n1.[HH].[HH].[HH].[HH].[HH]. The van der Waals surface area contributed by atoms with Crippen LogP contribution in [0.2, 0.25) is 0 Å². The molecule has 1 saturated carbocycles. The summed E-state index contributed by atoms with van der Waals surface area (Å²) in [6.45, 7) is 2.15. The molecule has 0 radical (unpaired) electrons. The van der Waals surface area contributed by atoms with E-state index in [1.807, 2.05) is 6.07 Å². The zero-order valence-electron chi connectivity index (χ0n) is 16.9. The molecule has 3 heterocycles. The fourth-order valence-corrected chi connectivity index (χ4v) is 3.77. The molecule has 4 rings (SSSR count). The van der Waals surface area contributed by atoms with E-state index in [-0.39, 0.29) is 18.9 Å². The Kier molecular flexibility index (Phi) is 5.95. The zero-order chi connectivity index (χ0) is 21.8. The third kappa shape index (κ3) is 5.07. The number of hydrogen-bond donors (Lipinski definition) is 4. The molecule has 10 heteroatoms. The van der Waals surface area contributed by atoms with Crippen LogP contribution in [-0.4, -0.2) is 45.1 Å². The molecular weight excluding hydrogens is 414 g/mol. The minimum atomic E-state index is -0.218. The monoisotopic (exact) mass is 445 g/mol. The van der Waals surface area contributed by atoms with Gasteiger partial charge >= 0.3 is 0 Å². The molecule has 4 N–H and O–H groups in total. The number of terminal acetylenes is 1. The van der Waals surface area contributed by atoms with Crippen LogP contribution in [0.3, 0.4) is 0 Å². The summed E-state index contributed by atoms with van der Waals surface area (Å²) >= 11 is 1.28. The van der Waals surface area contributed by atoms with Crippen LogP contribution in [0.1, 0.15) is 53.7 Å². The molecule has 1 aliphatic carbocycles. The number of amides is 2. The van der Waals surface area contributed by atoms with E-state index in [4.69, 9.17) is 6.42 Å². The number of rotatable bonds is 8. The van der Waals surface area contributed by atoms with E-state index in [2.05, 4.69) is 42.0 Å². The van der Waals surface area contributed by atoms with Crippen molar-refractivity contribution < 1.29 is 16.7 Å². The summed E-state index contributed by atoms with van der Waals surface area (Å²) in [4.78, 5) is 33.3. The molecule has 0 bridgehead atoms. The summed E-state index contributed by atoms with van der Waals surface area (Å²) in [5.41, 5.74) is 1.62. The van der Waals surface area contributed by atoms with Crippen LogP contribution in [-0.2, 0) is 4.79 Å². The van der Waals surface area contributed by atoms with Gasteiger partial charge in [-0.25, -0.2) is 9.97 Å². The third-order valence-electron chi connectivity index (χ3n) is 4.64. The summed E-state index contributed by atoms with van der Waals surface area (Å²) < 4.78 is 0. The molecule has 1 aliphatic rings. The van der Waals surface area contributed by atoms with Gasteiger partial charge in [0.25, 0.3) is 5.91 Å². The number of nitrogens with zero attached hydrogens (tertiary/aromatic N) is 3. The van der Waals surface area contributed by atoms with Gasteiger partial charge in [0.2, 0.25) is 5.91 Å². The van der Waals surface area contributed by atoms with E-state index >= 15 is 0 Å². The van der Waals surface area contributed by atoms with Gasteiger partial charge in [-0.2, -0.15) is 5.10 Å². The Hall–Kier alpha value is -3.71. The van der Waals surface area contributed by atoms with Crippen molar-refractivity contribution in [2.24, 2.45) is 0 Å². The van der Waals surface area contributed by atoms with Gasteiger partial charge in [0.15, 0.2) is 17.5 Å². The van der Waals surface area contributed by atoms with Crippen LogP contribution in [0.25, 0.3) is 10.7 Å². The van der Waals surface area contributed by atoms with Crippen molar-refractivity contribution in [2.75, 3.05) is 18.4 Å². The van der Waals surface area contributed by atoms with Crippen molar-refractivity contribution in [3.63, 3.8) is 0 Å². The quantitative estimate of drug-likeness (QED) is 0.310. The number of anilines is 2. The highest BCUT2D eigenvalue weighted by atomic mass is 32.1. The van der Waals surface area contributed by atoms with Crippen LogP contribution in [0.4, 0.5) is 11.6 Å². The molecule has 0 aromatic carbocycles. The van der Waals surface area contributed by atoms with Crippen LogP contribution in [0, 0.1) is 12.3 Å². The molecule has 0 saturated heterocycles. The second kappa shape index (κ2) is 8.97. The highest BCUT2D eigenvalue weighted by molar-refractivity contribution is 7.17.